The van der Waals surface area contributed by atoms with E-state index in [2.05, 4.69) is 11.9 Å². The van der Waals surface area contributed by atoms with E-state index in [0.717, 1.165) is 37.3 Å². The quantitative estimate of drug-likeness (QED) is 0.746. The van der Waals surface area contributed by atoms with Gasteiger partial charge in [-0.05, 0) is 44.6 Å². The van der Waals surface area contributed by atoms with Gasteiger partial charge in [0, 0.05) is 23.5 Å². The van der Waals surface area contributed by atoms with Crippen LogP contribution in [0.5, 0.6) is 0 Å². The predicted octanol–water partition coefficient (Wildman–Crippen LogP) is 2.24. The van der Waals surface area contributed by atoms with Crippen molar-refractivity contribution in [3.8, 4) is 0 Å². The summed E-state index contributed by atoms with van der Waals surface area (Å²) in [5.41, 5.74) is 0.821. The standard InChI is InChI=1S/C15H16ClN3O/c1-18-6-4-10-13(18)5-7-19-14(10)17-12-3-2-9(16)8-11(12)15(19)20/h2-3,8,10,13H,4-7H2,1H3/t10-,13-/m1/s1. The van der Waals surface area contributed by atoms with Crippen LogP contribution in [0, 0.1) is 0 Å². The molecule has 20 heavy (non-hydrogen) atoms. The minimum Gasteiger partial charge on any atom is -0.303 e. The Balaban J connectivity index is 1.97. The number of halogens is 1. The highest BCUT2D eigenvalue weighted by atomic mass is 35.5. The van der Waals surface area contributed by atoms with Crippen LogP contribution >= 0.6 is 11.6 Å². The fourth-order valence-corrected chi connectivity index (χ4v) is 3.87. The molecule has 104 valence electrons. The number of rotatable bonds is 0. The van der Waals surface area contributed by atoms with Crippen LogP contribution in [0.3, 0.4) is 0 Å². The molecule has 2 atom stereocenters. The van der Waals surface area contributed by atoms with Crippen molar-refractivity contribution in [1.82, 2.24) is 14.5 Å². The van der Waals surface area contributed by atoms with E-state index in [4.69, 9.17) is 16.6 Å². The third-order valence-electron chi connectivity index (χ3n) is 4.75. The third-order valence-corrected chi connectivity index (χ3v) is 4.98. The van der Waals surface area contributed by atoms with Crippen LogP contribution in [-0.2, 0) is 6.54 Å². The molecule has 4 nitrogen and oxygen atoms in total. The highest BCUT2D eigenvalue weighted by Gasteiger charge is 2.38. The number of benzene rings is 1. The van der Waals surface area contributed by atoms with E-state index in [1.165, 1.54) is 0 Å². The Morgan fingerprint density at radius 2 is 2.15 bits per heavy atom. The normalized spacial score (nSPS) is 25.7. The van der Waals surface area contributed by atoms with E-state index in [1.807, 2.05) is 10.6 Å². The van der Waals surface area contributed by atoms with Crippen molar-refractivity contribution >= 4 is 22.5 Å². The van der Waals surface area contributed by atoms with Crippen LogP contribution in [0.4, 0.5) is 0 Å². The third kappa shape index (κ3) is 1.64. The van der Waals surface area contributed by atoms with Gasteiger partial charge >= 0.3 is 0 Å². The number of likely N-dealkylation sites (tertiary alicyclic amines) is 1. The summed E-state index contributed by atoms with van der Waals surface area (Å²) in [6, 6.07) is 5.91. The fraction of sp³-hybridized carbons (Fsp3) is 0.467. The van der Waals surface area contributed by atoms with E-state index in [-0.39, 0.29) is 5.56 Å². The minimum atomic E-state index is 0.0560. The molecule has 2 aliphatic heterocycles. The van der Waals surface area contributed by atoms with Gasteiger partial charge in [0.1, 0.15) is 5.82 Å². The lowest BCUT2D eigenvalue weighted by molar-refractivity contribution is 0.246. The first-order valence-corrected chi connectivity index (χ1v) is 7.43. The van der Waals surface area contributed by atoms with E-state index < -0.39 is 0 Å². The van der Waals surface area contributed by atoms with Crippen LogP contribution in [0.1, 0.15) is 24.6 Å². The molecule has 0 amide bonds. The van der Waals surface area contributed by atoms with Crippen LogP contribution in [0.2, 0.25) is 5.02 Å². The van der Waals surface area contributed by atoms with Gasteiger partial charge in [-0.3, -0.25) is 9.36 Å². The van der Waals surface area contributed by atoms with Crippen LogP contribution in [-0.4, -0.2) is 34.1 Å². The molecule has 0 spiro atoms. The van der Waals surface area contributed by atoms with E-state index in [1.54, 1.807) is 12.1 Å². The fourth-order valence-electron chi connectivity index (χ4n) is 3.70. The summed E-state index contributed by atoms with van der Waals surface area (Å²) in [6.07, 6.45) is 2.12. The monoisotopic (exact) mass is 289 g/mol. The maximum absolute atomic E-state index is 12.6. The second-order valence-corrected chi connectivity index (χ2v) is 6.26. The van der Waals surface area contributed by atoms with Gasteiger partial charge in [0.15, 0.2) is 0 Å². The van der Waals surface area contributed by atoms with Gasteiger partial charge in [0.25, 0.3) is 5.56 Å². The van der Waals surface area contributed by atoms with Crippen LogP contribution < -0.4 is 5.56 Å². The predicted molar refractivity (Wildman–Crippen MR) is 79.4 cm³/mol. The largest absolute Gasteiger partial charge is 0.303 e. The van der Waals surface area contributed by atoms with Gasteiger partial charge in [-0.1, -0.05) is 11.6 Å². The Morgan fingerprint density at radius 3 is 3.00 bits per heavy atom. The summed E-state index contributed by atoms with van der Waals surface area (Å²) in [4.78, 5) is 19.8. The molecule has 0 radical (unpaired) electrons. The molecule has 2 aromatic rings. The Hall–Kier alpha value is -1.39. The zero-order valence-electron chi connectivity index (χ0n) is 11.3. The molecule has 1 fully saturated rings. The first kappa shape index (κ1) is 12.4. The lowest BCUT2D eigenvalue weighted by atomic mass is 9.93. The van der Waals surface area contributed by atoms with Crippen molar-refractivity contribution in [3.05, 3.63) is 39.4 Å². The molecule has 4 rings (SSSR count). The smallest absolute Gasteiger partial charge is 0.261 e. The maximum Gasteiger partial charge on any atom is 0.261 e. The lowest BCUT2D eigenvalue weighted by Crippen LogP contribution is -2.39. The van der Waals surface area contributed by atoms with Crippen LogP contribution in [0.25, 0.3) is 10.9 Å². The number of hydrogen-bond acceptors (Lipinski definition) is 3. The lowest BCUT2D eigenvalue weighted by Gasteiger charge is -2.31. The molecule has 2 aliphatic rings. The average Bonchev–Trinajstić information content (AvgIpc) is 2.82. The highest BCUT2D eigenvalue weighted by Crippen LogP contribution is 2.36. The Labute approximate surface area is 122 Å². The number of fused-ring (bicyclic) bond motifs is 4. The summed E-state index contributed by atoms with van der Waals surface area (Å²) in [6.45, 7) is 1.85. The van der Waals surface area contributed by atoms with Crippen LogP contribution in [0.15, 0.2) is 23.0 Å². The number of nitrogens with zero attached hydrogens (tertiary/aromatic N) is 3. The molecule has 3 heterocycles. The maximum atomic E-state index is 12.6. The number of aromatic nitrogens is 2. The van der Waals surface area contributed by atoms with Gasteiger partial charge in [0.05, 0.1) is 10.9 Å². The zero-order valence-corrected chi connectivity index (χ0v) is 12.1. The number of likely N-dealkylation sites (N-methyl/N-ethyl adjacent to an activating group) is 1. The molecule has 5 heteroatoms. The Bertz CT molecular complexity index is 755. The average molecular weight is 290 g/mol. The Morgan fingerprint density at radius 1 is 1.30 bits per heavy atom. The van der Waals surface area contributed by atoms with Gasteiger partial charge in [-0.2, -0.15) is 0 Å². The van der Waals surface area contributed by atoms with Gasteiger partial charge in [0.2, 0.25) is 0 Å². The molecule has 0 unspecified atom stereocenters. The van der Waals surface area contributed by atoms with E-state index >= 15 is 0 Å². The first-order chi connectivity index (χ1) is 9.65. The zero-order chi connectivity index (χ0) is 13.9. The molecule has 1 aromatic carbocycles. The second-order valence-electron chi connectivity index (χ2n) is 5.82. The molecule has 0 aliphatic carbocycles. The topological polar surface area (TPSA) is 38.1 Å². The van der Waals surface area contributed by atoms with E-state index in [9.17, 15) is 4.79 Å². The Kier molecular flexibility index (Phi) is 2.66. The molecule has 0 N–H and O–H groups in total. The van der Waals surface area contributed by atoms with Crippen molar-refractivity contribution in [3.63, 3.8) is 0 Å². The van der Waals surface area contributed by atoms with Gasteiger partial charge in [-0.25, -0.2) is 4.98 Å². The molecule has 1 aromatic heterocycles. The van der Waals surface area contributed by atoms with Gasteiger partial charge < -0.3 is 4.90 Å². The minimum absolute atomic E-state index is 0.0560. The van der Waals surface area contributed by atoms with Gasteiger partial charge in [-0.15, -0.1) is 0 Å². The second kappa shape index (κ2) is 4.30. The first-order valence-electron chi connectivity index (χ1n) is 7.05. The highest BCUT2D eigenvalue weighted by molar-refractivity contribution is 6.31. The molecule has 0 bridgehead atoms. The van der Waals surface area contributed by atoms with Crippen molar-refractivity contribution in [2.24, 2.45) is 0 Å². The summed E-state index contributed by atoms with van der Waals surface area (Å²) in [5, 5.41) is 1.22. The molecular formula is C15H16ClN3O. The molecule has 1 saturated heterocycles. The van der Waals surface area contributed by atoms with Crippen molar-refractivity contribution < 1.29 is 0 Å². The van der Waals surface area contributed by atoms with Crippen molar-refractivity contribution in [1.29, 1.82) is 0 Å². The summed E-state index contributed by atoms with van der Waals surface area (Å²) >= 11 is 6.00. The van der Waals surface area contributed by atoms with E-state index in [0.29, 0.717) is 22.4 Å². The summed E-state index contributed by atoms with van der Waals surface area (Å²) in [7, 11) is 2.17. The SMILES string of the molecule is CN1CC[C@H]2c3nc4ccc(Cl)cc4c(=O)n3CC[C@H]21. The van der Waals surface area contributed by atoms with Crippen molar-refractivity contribution in [2.75, 3.05) is 13.6 Å². The van der Waals surface area contributed by atoms with Crippen molar-refractivity contribution in [2.45, 2.75) is 31.3 Å². The summed E-state index contributed by atoms with van der Waals surface area (Å²) in [5.74, 6) is 1.35. The molecular weight excluding hydrogens is 274 g/mol. The summed E-state index contributed by atoms with van der Waals surface area (Å²) < 4.78 is 1.86. The number of hydrogen-bond donors (Lipinski definition) is 0. The molecule has 0 saturated carbocycles.